The zero-order chi connectivity index (χ0) is 17.8. The Morgan fingerprint density at radius 1 is 1.24 bits per heavy atom. The van der Waals surface area contributed by atoms with Crippen molar-refractivity contribution >= 4 is 5.91 Å². The quantitative estimate of drug-likeness (QED) is 0.857. The van der Waals surface area contributed by atoms with E-state index >= 15 is 0 Å². The van der Waals surface area contributed by atoms with Gasteiger partial charge >= 0.3 is 0 Å². The molecular weight excluding hydrogens is 317 g/mol. The summed E-state index contributed by atoms with van der Waals surface area (Å²) in [5.74, 6) is 0.173. The summed E-state index contributed by atoms with van der Waals surface area (Å²) in [7, 11) is 3.82. The van der Waals surface area contributed by atoms with Crippen molar-refractivity contribution < 1.29 is 9.18 Å². The number of nitrogens with zero attached hydrogens (tertiary/aromatic N) is 3. The van der Waals surface area contributed by atoms with Crippen LogP contribution < -0.4 is 0 Å². The highest BCUT2D eigenvalue weighted by Crippen LogP contribution is 2.27. The molecule has 0 saturated carbocycles. The molecule has 25 heavy (non-hydrogen) atoms. The molecule has 4 nitrogen and oxygen atoms in total. The Morgan fingerprint density at radius 2 is 2.00 bits per heavy atom. The molecule has 2 aromatic rings. The Kier molecular flexibility index (Phi) is 5.43. The number of likely N-dealkylation sites (N-methyl/N-ethyl adjacent to an activating group) is 1. The first-order valence-corrected chi connectivity index (χ1v) is 8.68. The van der Waals surface area contributed by atoms with Gasteiger partial charge in [0.1, 0.15) is 5.82 Å². The smallest absolute Gasteiger partial charge is 0.236 e. The van der Waals surface area contributed by atoms with E-state index in [0.717, 1.165) is 36.3 Å². The van der Waals surface area contributed by atoms with Crippen molar-refractivity contribution in [1.82, 2.24) is 14.8 Å². The topological polar surface area (TPSA) is 36.4 Å². The maximum Gasteiger partial charge on any atom is 0.236 e. The minimum Gasteiger partial charge on any atom is -0.341 e. The number of aromatic nitrogens is 1. The molecule has 0 aliphatic carbocycles. The van der Waals surface area contributed by atoms with Gasteiger partial charge in [0.15, 0.2) is 0 Å². The molecule has 132 valence electrons. The van der Waals surface area contributed by atoms with Gasteiger partial charge in [-0.05, 0) is 63.3 Å². The predicted molar refractivity (Wildman–Crippen MR) is 96.7 cm³/mol. The zero-order valence-corrected chi connectivity index (χ0v) is 14.8. The highest BCUT2D eigenvalue weighted by molar-refractivity contribution is 5.78. The number of pyridine rings is 1. The summed E-state index contributed by atoms with van der Waals surface area (Å²) in [5, 5.41) is 0. The second kappa shape index (κ2) is 7.74. The molecular formula is C20H24FN3O. The second-order valence-electron chi connectivity index (χ2n) is 6.87. The molecule has 1 aliphatic heterocycles. The van der Waals surface area contributed by atoms with Gasteiger partial charge in [0, 0.05) is 30.3 Å². The fourth-order valence-corrected chi connectivity index (χ4v) is 3.28. The van der Waals surface area contributed by atoms with Crippen molar-refractivity contribution in [3.8, 4) is 11.3 Å². The predicted octanol–water partition coefficient (Wildman–Crippen LogP) is 3.16. The number of carbonyl (C=O) groups is 1. The van der Waals surface area contributed by atoms with Crippen molar-refractivity contribution in [2.45, 2.75) is 18.8 Å². The molecule has 5 heteroatoms. The number of amides is 1. The highest BCUT2D eigenvalue weighted by atomic mass is 19.1. The third kappa shape index (κ3) is 4.42. The summed E-state index contributed by atoms with van der Waals surface area (Å²) in [6.45, 7) is 1.98. The summed E-state index contributed by atoms with van der Waals surface area (Å²) >= 11 is 0. The average molecular weight is 341 g/mol. The van der Waals surface area contributed by atoms with Crippen LogP contribution >= 0.6 is 0 Å². The van der Waals surface area contributed by atoms with Crippen LogP contribution in [0.25, 0.3) is 11.3 Å². The fraction of sp³-hybridized carbons (Fsp3) is 0.400. The third-order valence-corrected chi connectivity index (χ3v) is 4.55. The standard InChI is InChI=1S/C20H24FN3O/c1-23(2)14-20(25)24-12-4-5-16(13-24)19-7-3-6-18(22-19)15-8-10-17(21)11-9-15/h3,6-11,16H,4-5,12-14H2,1-2H3/t16-/m0/s1. The summed E-state index contributed by atoms with van der Waals surface area (Å²) in [6.07, 6.45) is 2.03. The Balaban J connectivity index is 1.76. The van der Waals surface area contributed by atoms with Crippen LogP contribution in [0.4, 0.5) is 4.39 Å². The summed E-state index contributed by atoms with van der Waals surface area (Å²) in [4.78, 5) is 21.0. The van der Waals surface area contributed by atoms with Crippen LogP contribution in [-0.2, 0) is 4.79 Å². The minimum atomic E-state index is -0.248. The van der Waals surface area contributed by atoms with Crippen molar-refractivity contribution in [3.63, 3.8) is 0 Å². The number of hydrogen-bond acceptors (Lipinski definition) is 3. The number of halogens is 1. The van der Waals surface area contributed by atoms with Crippen LogP contribution in [0.3, 0.4) is 0 Å². The number of benzene rings is 1. The number of hydrogen-bond donors (Lipinski definition) is 0. The van der Waals surface area contributed by atoms with Crippen LogP contribution in [0.1, 0.15) is 24.5 Å². The van der Waals surface area contributed by atoms with Crippen molar-refractivity contribution in [1.29, 1.82) is 0 Å². The Bertz CT molecular complexity index is 730. The first kappa shape index (κ1) is 17.5. The van der Waals surface area contributed by atoms with Gasteiger partial charge in [-0.15, -0.1) is 0 Å². The third-order valence-electron chi connectivity index (χ3n) is 4.55. The summed E-state index contributed by atoms with van der Waals surface area (Å²) < 4.78 is 13.1. The van der Waals surface area contributed by atoms with Gasteiger partial charge in [-0.1, -0.05) is 6.07 Å². The van der Waals surface area contributed by atoms with Gasteiger partial charge < -0.3 is 9.80 Å². The van der Waals surface area contributed by atoms with Crippen LogP contribution in [0.2, 0.25) is 0 Å². The number of likely N-dealkylation sites (tertiary alicyclic amines) is 1. The van der Waals surface area contributed by atoms with Gasteiger partial charge in [0.05, 0.1) is 12.2 Å². The molecule has 0 bridgehead atoms. The zero-order valence-electron chi connectivity index (χ0n) is 14.8. The van der Waals surface area contributed by atoms with Crippen molar-refractivity contribution in [2.75, 3.05) is 33.7 Å². The largest absolute Gasteiger partial charge is 0.341 e. The molecule has 1 saturated heterocycles. The first-order chi connectivity index (χ1) is 12.0. The molecule has 0 spiro atoms. The van der Waals surface area contributed by atoms with E-state index in [9.17, 15) is 9.18 Å². The monoisotopic (exact) mass is 341 g/mol. The van der Waals surface area contributed by atoms with Crippen LogP contribution in [0, 0.1) is 5.82 Å². The minimum absolute atomic E-state index is 0.171. The van der Waals surface area contributed by atoms with Gasteiger partial charge in [-0.2, -0.15) is 0 Å². The second-order valence-corrected chi connectivity index (χ2v) is 6.87. The molecule has 1 aromatic heterocycles. The average Bonchev–Trinajstić information content (AvgIpc) is 2.62. The van der Waals surface area contributed by atoms with E-state index in [-0.39, 0.29) is 17.6 Å². The van der Waals surface area contributed by atoms with Crippen LogP contribution in [-0.4, -0.2) is 54.4 Å². The van der Waals surface area contributed by atoms with Gasteiger partial charge in [-0.25, -0.2) is 4.39 Å². The maximum absolute atomic E-state index is 13.1. The van der Waals surface area contributed by atoms with E-state index in [4.69, 9.17) is 4.98 Å². The number of rotatable bonds is 4. The number of carbonyl (C=O) groups excluding carboxylic acids is 1. The van der Waals surface area contributed by atoms with Crippen molar-refractivity contribution in [2.24, 2.45) is 0 Å². The van der Waals surface area contributed by atoms with E-state index in [2.05, 4.69) is 0 Å². The van der Waals surface area contributed by atoms with E-state index < -0.39 is 0 Å². The van der Waals surface area contributed by atoms with Crippen LogP contribution in [0.15, 0.2) is 42.5 Å². The van der Waals surface area contributed by atoms with E-state index in [1.54, 1.807) is 12.1 Å². The Hall–Kier alpha value is -2.27. The number of piperidine rings is 1. The molecule has 0 N–H and O–H groups in total. The molecule has 1 aromatic carbocycles. The van der Waals surface area contributed by atoms with Gasteiger partial charge in [0.25, 0.3) is 0 Å². The molecule has 1 atom stereocenters. The molecule has 1 amide bonds. The fourth-order valence-electron chi connectivity index (χ4n) is 3.28. The molecule has 2 heterocycles. The lowest BCUT2D eigenvalue weighted by Crippen LogP contribution is -2.43. The normalized spacial score (nSPS) is 17.8. The lowest BCUT2D eigenvalue weighted by atomic mass is 9.93. The molecule has 1 fully saturated rings. The Morgan fingerprint density at radius 3 is 2.72 bits per heavy atom. The Labute approximate surface area is 148 Å². The van der Waals surface area contributed by atoms with E-state index in [1.165, 1.54) is 12.1 Å². The molecule has 1 aliphatic rings. The highest BCUT2D eigenvalue weighted by Gasteiger charge is 2.25. The van der Waals surface area contributed by atoms with Crippen LogP contribution in [0.5, 0.6) is 0 Å². The van der Waals surface area contributed by atoms with Gasteiger partial charge in [-0.3, -0.25) is 9.78 Å². The molecule has 3 rings (SSSR count). The summed E-state index contributed by atoms with van der Waals surface area (Å²) in [5.41, 5.74) is 2.75. The van der Waals surface area contributed by atoms with E-state index in [1.807, 2.05) is 42.1 Å². The first-order valence-electron chi connectivity index (χ1n) is 8.68. The molecule has 0 unspecified atom stereocenters. The summed E-state index contributed by atoms with van der Waals surface area (Å²) in [6, 6.07) is 12.3. The maximum atomic E-state index is 13.1. The lowest BCUT2D eigenvalue weighted by molar-refractivity contribution is -0.133. The van der Waals surface area contributed by atoms with Gasteiger partial charge in [0.2, 0.25) is 5.91 Å². The van der Waals surface area contributed by atoms with E-state index in [0.29, 0.717) is 13.1 Å². The molecule has 0 radical (unpaired) electrons. The van der Waals surface area contributed by atoms with Crippen molar-refractivity contribution in [3.05, 3.63) is 54.0 Å². The lowest BCUT2D eigenvalue weighted by Gasteiger charge is -2.33. The SMILES string of the molecule is CN(C)CC(=O)N1CCC[C@H](c2cccc(-c3ccc(F)cc3)n2)C1.